The Hall–Kier alpha value is -1.86. The Kier molecular flexibility index (Phi) is 9.06. The van der Waals surface area contributed by atoms with Gasteiger partial charge in [0.2, 0.25) is 0 Å². The van der Waals surface area contributed by atoms with Crippen LogP contribution >= 0.6 is 12.4 Å². The molecule has 0 fully saturated rings. The number of amides is 1. The minimum absolute atomic E-state index is 0. The molecular weight excluding hydrogens is 286 g/mol. The third-order valence-corrected chi connectivity index (χ3v) is 2.29. The van der Waals surface area contributed by atoms with Gasteiger partial charge in [-0.2, -0.15) is 0 Å². The van der Waals surface area contributed by atoms with Crippen molar-refractivity contribution in [1.29, 1.82) is 0 Å². The summed E-state index contributed by atoms with van der Waals surface area (Å²) in [4.78, 5) is 21.3. The lowest BCUT2D eigenvalue weighted by molar-refractivity contribution is -0.384. The first kappa shape index (κ1) is 18.1. The van der Waals surface area contributed by atoms with Crippen LogP contribution in [0.3, 0.4) is 0 Å². The lowest BCUT2D eigenvalue weighted by atomic mass is 10.3. The highest BCUT2D eigenvalue weighted by atomic mass is 35.5. The fourth-order valence-corrected chi connectivity index (χ4v) is 1.33. The van der Waals surface area contributed by atoms with Crippen LogP contribution in [0, 0.1) is 10.1 Å². The molecule has 8 heteroatoms. The number of ether oxygens (including phenoxy) is 1. The van der Waals surface area contributed by atoms with Crippen molar-refractivity contribution < 1.29 is 14.5 Å². The smallest absolute Gasteiger partial charge is 0.269 e. The van der Waals surface area contributed by atoms with E-state index in [1.165, 1.54) is 24.3 Å². The molecule has 0 bridgehead atoms. The second-order valence-electron chi connectivity index (χ2n) is 3.74. The van der Waals surface area contributed by atoms with Crippen LogP contribution in [0.15, 0.2) is 24.3 Å². The number of hydrogen-bond donors (Lipinski definition) is 2. The third kappa shape index (κ3) is 6.91. The number of benzene rings is 1. The fourth-order valence-electron chi connectivity index (χ4n) is 1.33. The Morgan fingerprint density at radius 3 is 2.50 bits per heavy atom. The normalized spacial score (nSPS) is 9.45. The SMILES string of the molecule is CCNCCNC(=O)COc1ccc([N+](=O)[O-])cc1.Cl. The summed E-state index contributed by atoms with van der Waals surface area (Å²) < 4.78 is 5.20. The Bertz CT molecular complexity index is 425. The van der Waals surface area contributed by atoms with Gasteiger partial charge in [-0.05, 0) is 18.7 Å². The monoisotopic (exact) mass is 303 g/mol. The van der Waals surface area contributed by atoms with Crippen LogP contribution in [-0.4, -0.2) is 37.1 Å². The lowest BCUT2D eigenvalue weighted by Gasteiger charge is -2.07. The van der Waals surface area contributed by atoms with Gasteiger partial charge in [0.25, 0.3) is 11.6 Å². The molecule has 1 amide bonds. The molecular formula is C12H18ClN3O4. The summed E-state index contributed by atoms with van der Waals surface area (Å²) in [6.45, 7) is 3.98. The van der Waals surface area contributed by atoms with Gasteiger partial charge in [-0.1, -0.05) is 6.92 Å². The number of nitro groups is 1. The topological polar surface area (TPSA) is 93.5 Å². The van der Waals surface area contributed by atoms with E-state index in [-0.39, 0.29) is 30.6 Å². The molecule has 20 heavy (non-hydrogen) atoms. The minimum atomic E-state index is -0.489. The van der Waals surface area contributed by atoms with E-state index >= 15 is 0 Å². The Labute approximate surface area is 123 Å². The lowest BCUT2D eigenvalue weighted by Crippen LogP contribution is -2.34. The molecule has 0 saturated carbocycles. The zero-order chi connectivity index (χ0) is 14.1. The third-order valence-electron chi connectivity index (χ3n) is 2.29. The van der Waals surface area contributed by atoms with Crippen LogP contribution in [0.25, 0.3) is 0 Å². The van der Waals surface area contributed by atoms with Crippen molar-refractivity contribution in [3.05, 3.63) is 34.4 Å². The highest BCUT2D eigenvalue weighted by Gasteiger charge is 2.06. The number of carbonyl (C=O) groups is 1. The average Bonchev–Trinajstić information content (AvgIpc) is 2.42. The largest absolute Gasteiger partial charge is 0.484 e. The molecule has 1 rings (SSSR count). The zero-order valence-electron chi connectivity index (χ0n) is 11.1. The van der Waals surface area contributed by atoms with Crippen molar-refractivity contribution in [2.24, 2.45) is 0 Å². The van der Waals surface area contributed by atoms with Crippen molar-refractivity contribution in [2.45, 2.75) is 6.92 Å². The standard InChI is InChI=1S/C12H17N3O4.ClH/c1-2-13-7-8-14-12(16)9-19-11-5-3-10(4-6-11)15(17)18;/h3-6,13H,2,7-9H2,1H3,(H,14,16);1H. The van der Waals surface area contributed by atoms with Gasteiger partial charge in [-0.3, -0.25) is 14.9 Å². The first-order valence-corrected chi connectivity index (χ1v) is 5.98. The molecule has 1 aromatic carbocycles. The molecule has 0 aliphatic heterocycles. The molecule has 1 aromatic rings. The molecule has 0 saturated heterocycles. The summed E-state index contributed by atoms with van der Waals surface area (Å²) in [6.07, 6.45) is 0. The van der Waals surface area contributed by atoms with Crippen LogP contribution in [-0.2, 0) is 4.79 Å². The maximum absolute atomic E-state index is 11.4. The van der Waals surface area contributed by atoms with Crippen LogP contribution in [0.5, 0.6) is 5.75 Å². The van der Waals surface area contributed by atoms with E-state index in [9.17, 15) is 14.9 Å². The minimum Gasteiger partial charge on any atom is -0.484 e. The van der Waals surface area contributed by atoms with Crippen LogP contribution in [0.2, 0.25) is 0 Å². The molecule has 0 radical (unpaired) electrons. The first-order chi connectivity index (χ1) is 9.13. The quantitative estimate of drug-likeness (QED) is 0.426. The number of carbonyl (C=O) groups excluding carboxylic acids is 1. The molecule has 0 heterocycles. The molecule has 112 valence electrons. The van der Waals surface area contributed by atoms with Crippen LogP contribution in [0.1, 0.15) is 6.92 Å². The van der Waals surface area contributed by atoms with Gasteiger partial charge in [-0.15, -0.1) is 12.4 Å². The molecule has 0 aliphatic carbocycles. The highest BCUT2D eigenvalue weighted by molar-refractivity contribution is 5.85. The Balaban J connectivity index is 0.00000361. The van der Waals surface area contributed by atoms with E-state index in [1.807, 2.05) is 6.92 Å². The van der Waals surface area contributed by atoms with Crippen molar-refractivity contribution in [1.82, 2.24) is 10.6 Å². The van der Waals surface area contributed by atoms with Gasteiger partial charge < -0.3 is 15.4 Å². The second kappa shape index (κ2) is 9.99. The van der Waals surface area contributed by atoms with E-state index in [0.717, 1.165) is 6.54 Å². The first-order valence-electron chi connectivity index (χ1n) is 5.98. The molecule has 0 spiro atoms. The number of nitrogens with zero attached hydrogens (tertiary/aromatic N) is 1. The number of hydrogen-bond acceptors (Lipinski definition) is 5. The maximum Gasteiger partial charge on any atom is 0.269 e. The summed E-state index contributed by atoms with van der Waals surface area (Å²) in [5.74, 6) is 0.198. The summed E-state index contributed by atoms with van der Waals surface area (Å²) >= 11 is 0. The zero-order valence-corrected chi connectivity index (χ0v) is 11.9. The molecule has 0 aliphatic rings. The Morgan fingerprint density at radius 1 is 1.30 bits per heavy atom. The van der Waals surface area contributed by atoms with Gasteiger partial charge in [0, 0.05) is 25.2 Å². The van der Waals surface area contributed by atoms with E-state index in [4.69, 9.17) is 4.74 Å². The van der Waals surface area contributed by atoms with Crippen LogP contribution < -0.4 is 15.4 Å². The van der Waals surface area contributed by atoms with Gasteiger partial charge in [-0.25, -0.2) is 0 Å². The van der Waals surface area contributed by atoms with Gasteiger partial charge in [0.05, 0.1) is 4.92 Å². The predicted molar refractivity (Wildman–Crippen MR) is 77.4 cm³/mol. The number of non-ortho nitro benzene ring substituents is 1. The molecule has 0 unspecified atom stereocenters. The van der Waals surface area contributed by atoms with E-state index in [2.05, 4.69) is 10.6 Å². The van der Waals surface area contributed by atoms with Gasteiger partial charge >= 0.3 is 0 Å². The van der Waals surface area contributed by atoms with Crippen molar-refractivity contribution in [3.8, 4) is 5.75 Å². The van der Waals surface area contributed by atoms with Gasteiger partial charge in [0.1, 0.15) is 5.75 Å². The fraction of sp³-hybridized carbons (Fsp3) is 0.417. The molecule has 0 atom stereocenters. The number of likely N-dealkylation sites (N-methyl/N-ethyl adjacent to an activating group) is 1. The predicted octanol–water partition coefficient (Wildman–Crippen LogP) is 1.12. The van der Waals surface area contributed by atoms with E-state index < -0.39 is 4.92 Å². The number of rotatable bonds is 8. The second-order valence-corrected chi connectivity index (χ2v) is 3.74. The number of nitrogens with one attached hydrogen (secondary N) is 2. The maximum atomic E-state index is 11.4. The summed E-state index contributed by atoms with van der Waals surface area (Å²) in [5.41, 5.74) is -0.0116. The number of halogens is 1. The summed E-state index contributed by atoms with van der Waals surface area (Å²) in [7, 11) is 0. The van der Waals surface area contributed by atoms with Gasteiger partial charge in [0.15, 0.2) is 6.61 Å². The molecule has 0 aromatic heterocycles. The van der Waals surface area contributed by atoms with Crippen molar-refractivity contribution in [2.75, 3.05) is 26.2 Å². The van der Waals surface area contributed by atoms with E-state index in [1.54, 1.807) is 0 Å². The average molecular weight is 304 g/mol. The van der Waals surface area contributed by atoms with Crippen molar-refractivity contribution >= 4 is 24.0 Å². The highest BCUT2D eigenvalue weighted by Crippen LogP contribution is 2.16. The summed E-state index contributed by atoms with van der Waals surface area (Å²) in [6, 6.07) is 5.59. The van der Waals surface area contributed by atoms with E-state index in [0.29, 0.717) is 18.8 Å². The van der Waals surface area contributed by atoms with Crippen molar-refractivity contribution in [3.63, 3.8) is 0 Å². The Morgan fingerprint density at radius 2 is 1.95 bits per heavy atom. The molecule has 7 nitrogen and oxygen atoms in total. The summed E-state index contributed by atoms with van der Waals surface area (Å²) in [5, 5.41) is 16.2. The number of nitro benzene ring substituents is 1. The van der Waals surface area contributed by atoms with Crippen LogP contribution in [0.4, 0.5) is 5.69 Å². The molecule has 2 N–H and O–H groups in total.